The van der Waals surface area contributed by atoms with Crippen LogP contribution in [0.3, 0.4) is 0 Å². The Morgan fingerprint density at radius 1 is 1.36 bits per heavy atom. The Balaban J connectivity index is 2.06. The molecule has 0 saturated carbocycles. The minimum absolute atomic E-state index is 0.498. The first-order chi connectivity index (χ1) is 6.83. The zero-order chi connectivity index (χ0) is 10.2. The lowest BCUT2D eigenvalue weighted by Crippen LogP contribution is -2.14. The van der Waals surface area contributed by atoms with E-state index in [2.05, 4.69) is 6.92 Å². The molecule has 0 aromatic heterocycles. The number of hydrogen-bond acceptors (Lipinski definition) is 2. The monoisotopic (exact) mass is 214 g/mol. The van der Waals surface area contributed by atoms with E-state index in [4.69, 9.17) is 0 Å². The van der Waals surface area contributed by atoms with Crippen molar-refractivity contribution in [2.45, 2.75) is 63.5 Å². The summed E-state index contributed by atoms with van der Waals surface area (Å²) in [6.45, 7) is 2.18. The Bertz CT molecular complexity index is 162. The number of unbranched alkanes of at least 4 members (excludes halogenated alkanes) is 2. The van der Waals surface area contributed by atoms with Gasteiger partial charge in [0.2, 0.25) is 0 Å². The van der Waals surface area contributed by atoms with Crippen molar-refractivity contribution in [3.05, 3.63) is 0 Å². The first kappa shape index (κ1) is 12.1. The second-order valence-electron chi connectivity index (χ2n) is 4.19. The van der Waals surface area contributed by atoms with Gasteiger partial charge in [0.1, 0.15) is 5.78 Å². The maximum absolute atomic E-state index is 11.6. The molecule has 82 valence electrons. The smallest absolute Gasteiger partial charge is 0.134 e. The van der Waals surface area contributed by atoms with E-state index in [1.807, 2.05) is 11.8 Å². The van der Waals surface area contributed by atoms with Crippen molar-refractivity contribution in [1.82, 2.24) is 0 Å². The van der Waals surface area contributed by atoms with Crippen LogP contribution >= 0.6 is 11.8 Å². The highest BCUT2D eigenvalue weighted by Gasteiger charge is 2.16. The average Bonchev–Trinajstić information content (AvgIpc) is 2.20. The maximum atomic E-state index is 11.6. The Morgan fingerprint density at radius 3 is 2.86 bits per heavy atom. The molecule has 1 atom stereocenters. The third-order valence-electron chi connectivity index (χ3n) is 2.79. The Hall–Kier alpha value is 0.0200. The highest BCUT2D eigenvalue weighted by Crippen LogP contribution is 2.28. The number of rotatable bonds is 6. The van der Waals surface area contributed by atoms with Crippen molar-refractivity contribution >= 4 is 17.5 Å². The van der Waals surface area contributed by atoms with Gasteiger partial charge in [-0.25, -0.2) is 0 Å². The van der Waals surface area contributed by atoms with Gasteiger partial charge in [0.05, 0.1) is 0 Å². The summed E-state index contributed by atoms with van der Waals surface area (Å²) in [5.41, 5.74) is 0. The summed E-state index contributed by atoms with van der Waals surface area (Å²) in [6.07, 6.45) is 9.15. The van der Waals surface area contributed by atoms with Gasteiger partial charge in [-0.15, -0.1) is 0 Å². The van der Waals surface area contributed by atoms with Gasteiger partial charge in [-0.1, -0.05) is 26.2 Å². The molecule has 0 bridgehead atoms. The first-order valence-electron chi connectivity index (χ1n) is 5.96. The van der Waals surface area contributed by atoms with Crippen LogP contribution in [-0.2, 0) is 4.79 Å². The molecule has 1 heterocycles. The molecule has 1 saturated heterocycles. The van der Waals surface area contributed by atoms with Crippen LogP contribution in [0.5, 0.6) is 0 Å². The van der Waals surface area contributed by atoms with Crippen LogP contribution in [0.15, 0.2) is 0 Å². The Labute approximate surface area is 92.0 Å². The van der Waals surface area contributed by atoms with Crippen LogP contribution in [0.2, 0.25) is 0 Å². The second-order valence-corrected chi connectivity index (χ2v) is 5.60. The van der Waals surface area contributed by atoms with Gasteiger partial charge in [0, 0.05) is 18.1 Å². The van der Waals surface area contributed by atoms with E-state index in [1.165, 1.54) is 37.9 Å². The van der Waals surface area contributed by atoms with Gasteiger partial charge in [0.15, 0.2) is 0 Å². The summed E-state index contributed by atoms with van der Waals surface area (Å²) in [5, 5.41) is 0.651. The molecule has 1 aliphatic rings. The van der Waals surface area contributed by atoms with E-state index in [0.29, 0.717) is 11.0 Å². The predicted molar refractivity (Wildman–Crippen MR) is 63.9 cm³/mol. The van der Waals surface area contributed by atoms with E-state index in [1.54, 1.807) is 0 Å². The molecule has 14 heavy (non-hydrogen) atoms. The lowest BCUT2D eigenvalue weighted by Gasteiger charge is -2.20. The minimum atomic E-state index is 0.498. The molecule has 1 rings (SSSR count). The predicted octanol–water partition coefficient (Wildman–Crippen LogP) is 3.81. The van der Waals surface area contributed by atoms with Crippen LogP contribution in [0.25, 0.3) is 0 Å². The molecule has 0 N–H and O–H groups in total. The molecule has 0 amide bonds. The quantitative estimate of drug-likeness (QED) is 0.625. The third-order valence-corrected chi connectivity index (χ3v) is 4.19. The fraction of sp³-hybridized carbons (Fsp3) is 0.917. The van der Waals surface area contributed by atoms with Gasteiger partial charge in [0.25, 0.3) is 0 Å². The molecular weight excluding hydrogens is 192 g/mol. The summed E-state index contributed by atoms with van der Waals surface area (Å²) in [6, 6.07) is 0. The minimum Gasteiger partial charge on any atom is -0.300 e. The third kappa shape index (κ3) is 5.04. The molecule has 1 fully saturated rings. The summed E-state index contributed by atoms with van der Waals surface area (Å²) in [5.74, 6) is 1.77. The highest BCUT2D eigenvalue weighted by atomic mass is 32.2. The van der Waals surface area contributed by atoms with Crippen molar-refractivity contribution < 1.29 is 4.79 Å². The number of thioether (sulfide) groups is 1. The van der Waals surface area contributed by atoms with Crippen LogP contribution in [0.1, 0.15) is 58.3 Å². The standard InChI is InChI=1S/C12H22OS/c1-2-3-4-7-11(13)10-12-8-5-6-9-14-12/h12H,2-10H2,1H3. The lowest BCUT2D eigenvalue weighted by atomic mass is 10.0. The number of carbonyl (C=O) groups is 1. The van der Waals surface area contributed by atoms with E-state index < -0.39 is 0 Å². The molecule has 0 spiro atoms. The average molecular weight is 214 g/mol. The van der Waals surface area contributed by atoms with Crippen molar-refractivity contribution in [1.29, 1.82) is 0 Å². The molecule has 1 nitrogen and oxygen atoms in total. The van der Waals surface area contributed by atoms with Crippen molar-refractivity contribution in [3.63, 3.8) is 0 Å². The number of Topliss-reactive ketones (excluding diaryl/α,β-unsaturated/α-hetero) is 1. The van der Waals surface area contributed by atoms with Crippen molar-refractivity contribution in [2.75, 3.05) is 5.75 Å². The first-order valence-corrected chi connectivity index (χ1v) is 7.01. The van der Waals surface area contributed by atoms with E-state index in [9.17, 15) is 4.79 Å². The van der Waals surface area contributed by atoms with Crippen molar-refractivity contribution in [3.8, 4) is 0 Å². The second kappa shape index (κ2) is 7.33. The zero-order valence-electron chi connectivity index (χ0n) is 9.26. The molecule has 1 aliphatic heterocycles. The zero-order valence-corrected chi connectivity index (χ0v) is 10.1. The molecule has 0 aromatic carbocycles. The summed E-state index contributed by atoms with van der Waals surface area (Å²) in [4.78, 5) is 11.6. The maximum Gasteiger partial charge on any atom is 0.134 e. The molecule has 1 unspecified atom stereocenters. The Kier molecular flexibility index (Phi) is 6.33. The Morgan fingerprint density at radius 2 is 2.21 bits per heavy atom. The van der Waals surface area contributed by atoms with Crippen molar-refractivity contribution in [2.24, 2.45) is 0 Å². The van der Waals surface area contributed by atoms with E-state index in [-0.39, 0.29) is 0 Å². The largest absolute Gasteiger partial charge is 0.300 e. The van der Waals surface area contributed by atoms with Gasteiger partial charge in [-0.3, -0.25) is 4.79 Å². The van der Waals surface area contributed by atoms with E-state index in [0.717, 1.165) is 19.3 Å². The molecular formula is C12H22OS. The fourth-order valence-electron chi connectivity index (χ4n) is 1.90. The summed E-state index contributed by atoms with van der Waals surface area (Å²) >= 11 is 2.01. The molecule has 0 aromatic rings. The van der Waals surface area contributed by atoms with Crippen LogP contribution in [0, 0.1) is 0 Å². The fourth-order valence-corrected chi connectivity index (χ4v) is 3.24. The number of ketones is 1. The SMILES string of the molecule is CCCCCC(=O)CC1CCCCS1. The lowest BCUT2D eigenvalue weighted by molar-refractivity contribution is -0.119. The molecule has 2 heteroatoms. The summed E-state index contributed by atoms with van der Waals surface area (Å²) in [7, 11) is 0. The van der Waals surface area contributed by atoms with Crippen LogP contribution in [0.4, 0.5) is 0 Å². The molecule has 0 aliphatic carbocycles. The van der Waals surface area contributed by atoms with Gasteiger partial charge >= 0.3 is 0 Å². The van der Waals surface area contributed by atoms with Crippen LogP contribution in [-0.4, -0.2) is 16.8 Å². The summed E-state index contributed by atoms with van der Waals surface area (Å²) < 4.78 is 0. The normalized spacial score (nSPS) is 22.2. The van der Waals surface area contributed by atoms with Gasteiger partial charge in [-0.05, 0) is 25.0 Å². The van der Waals surface area contributed by atoms with Crippen LogP contribution < -0.4 is 0 Å². The molecule has 0 radical (unpaired) electrons. The van der Waals surface area contributed by atoms with E-state index >= 15 is 0 Å². The van der Waals surface area contributed by atoms with Gasteiger partial charge in [-0.2, -0.15) is 11.8 Å². The highest BCUT2D eigenvalue weighted by molar-refractivity contribution is 7.99. The topological polar surface area (TPSA) is 17.1 Å². The number of hydrogen-bond donors (Lipinski definition) is 0. The van der Waals surface area contributed by atoms with Gasteiger partial charge < -0.3 is 0 Å². The number of carbonyl (C=O) groups excluding carboxylic acids is 1.